The summed E-state index contributed by atoms with van der Waals surface area (Å²) in [6, 6.07) is -0.181. The molecule has 0 aliphatic rings. The van der Waals surface area contributed by atoms with Crippen molar-refractivity contribution in [1.29, 1.82) is 0 Å². The summed E-state index contributed by atoms with van der Waals surface area (Å²) < 4.78 is 0. The minimum atomic E-state index is -0.181. The summed E-state index contributed by atoms with van der Waals surface area (Å²) in [5.41, 5.74) is 0. The van der Waals surface area contributed by atoms with E-state index in [4.69, 9.17) is 0 Å². The van der Waals surface area contributed by atoms with Crippen LogP contribution in [-0.2, 0) is 0 Å². The fraction of sp³-hybridized carbons (Fsp3) is 0.200. The van der Waals surface area contributed by atoms with E-state index in [-0.39, 0.29) is 6.03 Å². The molecule has 0 atom stereocenters. The van der Waals surface area contributed by atoms with Crippen molar-refractivity contribution in [3.05, 3.63) is 44.5 Å². The Hall–Kier alpha value is -1.51. The van der Waals surface area contributed by atoms with E-state index in [1.165, 1.54) is 12.6 Å². The van der Waals surface area contributed by atoms with Gasteiger partial charge in [-0.15, -0.1) is 19.7 Å². The molecule has 0 aromatic rings. The maximum atomic E-state index is 11.3. The minimum absolute atomic E-state index is 0.181. The molecule has 3 heteroatoms. The van der Waals surface area contributed by atoms with Gasteiger partial charge in [0.25, 0.3) is 0 Å². The lowest BCUT2D eigenvalue weighted by molar-refractivity contribution is 0.211. The minimum Gasteiger partial charge on any atom is -0.329 e. The Morgan fingerprint density at radius 2 is 1.77 bits per heavy atom. The van der Waals surface area contributed by atoms with Crippen molar-refractivity contribution in [1.82, 2.24) is 10.2 Å². The number of carbonyl (C=O) groups is 1. The van der Waals surface area contributed by atoms with Crippen LogP contribution in [0.2, 0.25) is 0 Å². The molecule has 3 nitrogen and oxygen atoms in total. The largest absolute Gasteiger partial charge is 0.329 e. The van der Waals surface area contributed by atoms with Crippen molar-refractivity contribution < 1.29 is 4.79 Å². The Morgan fingerprint density at radius 1 is 1.23 bits per heavy atom. The Labute approximate surface area is 79.4 Å². The Balaban J connectivity index is 4.00. The van der Waals surface area contributed by atoms with E-state index in [0.29, 0.717) is 13.1 Å². The molecule has 0 saturated heterocycles. The second kappa shape index (κ2) is 7.16. The van der Waals surface area contributed by atoms with Crippen LogP contribution in [0.25, 0.3) is 0 Å². The summed E-state index contributed by atoms with van der Waals surface area (Å²) >= 11 is 0. The number of carbonyl (C=O) groups excluding carboxylic acids is 1. The first-order chi connectivity index (χ1) is 6.26. The highest BCUT2D eigenvalue weighted by atomic mass is 16.2. The lowest BCUT2D eigenvalue weighted by Crippen LogP contribution is -2.38. The van der Waals surface area contributed by atoms with Crippen LogP contribution < -0.4 is 5.32 Å². The Morgan fingerprint density at radius 3 is 2.15 bits per heavy atom. The Kier molecular flexibility index (Phi) is 6.32. The zero-order valence-corrected chi connectivity index (χ0v) is 7.70. The van der Waals surface area contributed by atoms with Gasteiger partial charge in [-0.3, -0.25) is 0 Å². The average Bonchev–Trinajstić information content (AvgIpc) is 2.14. The lowest BCUT2D eigenvalue weighted by Gasteiger charge is -2.18. The molecule has 0 aliphatic heterocycles. The van der Waals surface area contributed by atoms with E-state index in [0.717, 1.165) is 0 Å². The van der Waals surface area contributed by atoms with Gasteiger partial charge in [0.05, 0.1) is 6.54 Å². The number of nitrogens with zero attached hydrogens (tertiary/aromatic N) is 1. The van der Waals surface area contributed by atoms with E-state index in [9.17, 15) is 4.79 Å². The van der Waals surface area contributed by atoms with Gasteiger partial charge in [-0.2, -0.15) is 0 Å². The second-order valence-electron chi connectivity index (χ2n) is 2.33. The zero-order chi connectivity index (χ0) is 10.1. The normalized spacial score (nSPS) is 8.62. The van der Waals surface area contributed by atoms with Crippen LogP contribution >= 0.6 is 0 Å². The highest BCUT2D eigenvalue weighted by Gasteiger charge is 2.07. The maximum absolute atomic E-state index is 11.3. The second-order valence-corrected chi connectivity index (χ2v) is 2.33. The third kappa shape index (κ3) is 4.85. The lowest BCUT2D eigenvalue weighted by atomic mass is 10.4. The van der Waals surface area contributed by atoms with Gasteiger partial charge in [-0.05, 0) is 0 Å². The highest BCUT2D eigenvalue weighted by molar-refractivity contribution is 5.75. The number of rotatable bonds is 6. The molecule has 0 aliphatic carbocycles. The summed E-state index contributed by atoms with van der Waals surface area (Å²) in [4.78, 5) is 12.9. The first-order valence-electron chi connectivity index (χ1n) is 3.97. The molecule has 0 aromatic carbocycles. The molecule has 1 radical (unpaired) electrons. The fourth-order valence-corrected chi connectivity index (χ4v) is 0.774. The number of nitrogens with one attached hydrogen (secondary N) is 1. The van der Waals surface area contributed by atoms with Gasteiger partial charge in [0.1, 0.15) is 0 Å². The van der Waals surface area contributed by atoms with Crippen molar-refractivity contribution in [2.75, 3.05) is 13.1 Å². The van der Waals surface area contributed by atoms with Crippen LogP contribution in [0.4, 0.5) is 4.79 Å². The molecular formula is C10H15N2O. The van der Waals surface area contributed by atoms with Crippen molar-refractivity contribution in [3.8, 4) is 0 Å². The molecule has 1 N–H and O–H groups in total. The molecule has 0 saturated carbocycles. The Bertz CT molecular complexity index is 189. The van der Waals surface area contributed by atoms with E-state index < -0.39 is 0 Å². The molecule has 0 aromatic heterocycles. The summed E-state index contributed by atoms with van der Waals surface area (Å²) in [5, 5.41) is 2.55. The van der Waals surface area contributed by atoms with E-state index in [1.807, 2.05) is 0 Å². The SMILES string of the molecule is C=C[CH]NC(=O)N(CC=C)CC=C. The van der Waals surface area contributed by atoms with Gasteiger partial charge < -0.3 is 10.2 Å². The van der Waals surface area contributed by atoms with Gasteiger partial charge in [0.2, 0.25) is 0 Å². The molecule has 0 unspecified atom stereocenters. The number of amides is 2. The van der Waals surface area contributed by atoms with Gasteiger partial charge in [0, 0.05) is 13.1 Å². The van der Waals surface area contributed by atoms with Gasteiger partial charge in [-0.25, -0.2) is 4.79 Å². The van der Waals surface area contributed by atoms with E-state index >= 15 is 0 Å². The van der Waals surface area contributed by atoms with Crippen molar-refractivity contribution >= 4 is 6.03 Å². The van der Waals surface area contributed by atoms with Crippen molar-refractivity contribution in [2.24, 2.45) is 0 Å². The molecular weight excluding hydrogens is 164 g/mol. The van der Waals surface area contributed by atoms with Crippen LogP contribution in [0.15, 0.2) is 38.0 Å². The molecule has 13 heavy (non-hydrogen) atoms. The third-order valence-electron chi connectivity index (χ3n) is 1.31. The predicted molar refractivity (Wildman–Crippen MR) is 55.0 cm³/mol. The van der Waals surface area contributed by atoms with Crippen LogP contribution in [0.5, 0.6) is 0 Å². The van der Waals surface area contributed by atoms with E-state index in [1.54, 1.807) is 17.1 Å². The fourth-order valence-electron chi connectivity index (χ4n) is 0.774. The van der Waals surface area contributed by atoms with Crippen molar-refractivity contribution in [2.45, 2.75) is 0 Å². The first kappa shape index (κ1) is 11.5. The average molecular weight is 179 g/mol. The molecule has 0 fully saturated rings. The van der Waals surface area contributed by atoms with Crippen LogP contribution in [0.3, 0.4) is 0 Å². The molecule has 71 valence electrons. The van der Waals surface area contributed by atoms with Gasteiger partial charge in [0.15, 0.2) is 0 Å². The molecule has 0 heterocycles. The van der Waals surface area contributed by atoms with Gasteiger partial charge >= 0.3 is 6.03 Å². The van der Waals surface area contributed by atoms with Crippen LogP contribution in [0.1, 0.15) is 0 Å². The summed E-state index contributed by atoms with van der Waals surface area (Å²) in [6.45, 7) is 13.1. The van der Waals surface area contributed by atoms with Crippen LogP contribution in [0, 0.1) is 6.54 Å². The monoisotopic (exact) mass is 179 g/mol. The highest BCUT2D eigenvalue weighted by Crippen LogP contribution is 1.91. The molecule has 2 amide bonds. The van der Waals surface area contributed by atoms with Crippen molar-refractivity contribution in [3.63, 3.8) is 0 Å². The number of hydrogen-bond donors (Lipinski definition) is 1. The number of hydrogen-bond acceptors (Lipinski definition) is 1. The smallest absolute Gasteiger partial charge is 0.318 e. The first-order valence-corrected chi connectivity index (χ1v) is 3.97. The summed E-state index contributed by atoms with van der Waals surface area (Å²) in [6.07, 6.45) is 4.84. The topological polar surface area (TPSA) is 32.3 Å². The molecule has 0 bridgehead atoms. The molecule has 0 spiro atoms. The van der Waals surface area contributed by atoms with Crippen LogP contribution in [-0.4, -0.2) is 24.0 Å². The third-order valence-corrected chi connectivity index (χ3v) is 1.31. The maximum Gasteiger partial charge on any atom is 0.318 e. The predicted octanol–water partition coefficient (Wildman–Crippen LogP) is 1.72. The summed E-state index contributed by atoms with van der Waals surface area (Å²) in [7, 11) is 0. The summed E-state index contributed by atoms with van der Waals surface area (Å²) in [5.74, 6) is 0. The standard InChI is InChI=1S/C10H15N2O/c1-4-7-11-10(13)12(8-5-2)9-6-3/h4-7H,1-3,8-9H2,(H,11,13). The quantitative estimate of drug-likeness (QED) is 0.619. The van der Waals surface area contributed by atoms with Gasteiger partial charge in [-0.1, -0.05) is 18.2 Å². The van der Waals surface area contributed by atoms with E-state index in [2.05, 4.69) is 25.1 Å². The molecule has 0 rings (SSSR count). The number of urea groups is 1. The zero-order valence-electron chi connectivity index (χ0n) is 7.70.